The van der Waals surface area contributed by atoms with Crippen LogP contribution in [0, 0.1) is 6.92 Å². The summed E-state index contributed by atoms with van der Waals surface area (Å²) >= 11 is 9.38. The third-order valence-electron chi connectivity index (χ3n) is 2.37. The van der Waals surface area contributed by atoms with E-state index in [1.165, 1.54) is 5.56 Å². The van der Waals surface area contributed by atoms with Gasteiger partial charge in [-0.1, -0.05) is 29.4 Å². The predicted octanol–water partition coefficient (Wildman–Crippen LogP) is 4.15. The van der Waals surface area contributed by atoms with Crippen molar-refractivity contribution in [3.05, 3.63) is 39.9 Å². The van der Waals surface area contributed by atoms with Crippen molar-refractivity contribution in [1.29, 1.82) is 0 Å². The molecule has 1 unspecified atom stereocenters. The quantitative estimate of drug-likeness (QED) is 0.922. The van der Waals surface area contributed by atoms with Gasteiger partial charge in [-0.05, 0) is 38.0 Å². The minimum Gasteiger partial charge on any atom is -0.328 e. The van der Waals surface area contributed by atoms with Crippen molar-refractivity contribution >= 4 is 34.7 Å². The molecule has 0 spiro atoms. The Labute approximate surface area is 121 Å². The lowest BCUT2D eigenvalue weighted by atomic mass is 10.1. The molecule has 1 atom stereocenters. The number of hydrogen-bond donors (Lipinski definition) is 1. The number of thiazole rings is 1. The summed E-state index contributed by atoms with van der Waals surface area (Å²) in [6, 6.07) is 6.09. The minimum atomic E-state index is 0.142. The number of aryl methyl sites for hydroxylation is 1. The van der Waals surface area contributed by atoms with Gasteiger partial charge in [0.2, 0.25) is 0 Å². The van der Waals surface area contributed by atoms with Gasteiger partial charge in [0.05, 0.1) is 0 Å². The molecule has 0 radical (unpaired) electrons. The van der Waals surface area contributed by atoms with Crippen LogP contribution in [-0.4, -0.2) is 11.0 Å². The van der Waals surface area contributed by atoms with Crippen LogP contribution in [0.3, 0.4) is 0 Å². The molecule has 1 aromatic carbocycles. The minimum absolute atomic E-state index is 0.142. The molecular formula is C13H15ClN2S2. The smallest absolute Gasteiger partial charge is 0.154 e. The van der Waals surface area contributed by atoms with Crippen LogP contribution < -0.4 is 5.73 Å². The largest absolute Gasteiger partial charge is 0.328 e. The van der Waals surface area contributed by atoms with E-state index in [0.29, 0.717) is 0 Å². The summed E-state index contributed by atoms with van der Waals surface area (Å²) in [4.78, 5) is 5.61. The van der Waals surface area contributed by atoms with Crippen LogP contribution in [0.5, 0.6) is 0 Å². The average Bonchev–Trinajstić information content (AvgIpc) is 2.67. The second kappa shape index (κ2) is 6.06. The number of aromatic nitrogens is 1. The Bertz CT molecular complexity index is 538. The number of halogens is 1. The Kier molecular flexibility index (Phi) is 4.67. The van der Waals surface area contributed by atoms with E-state index in [9.17, 15) is 0 Å². The summed E-state index contributed by atoms with van der Waals surface area (Å²) in [6.07, 6.45) is 0.851. The molecule has 0 bridgehead atoms. The first-order valence-corrected chi connectivity index (χ1v) is 7.76. The molecule has 0 aliphatic rings. The van der Waals surface area contributed by atoms with Crippen molar-refractivity contribution in [2.24, 2.45) is 5.73 Å². The van der Waals surface area contributed by atoms with Gasteiger partial charge < -0.3 is 5.73 Å². The van der Waals surface area contributed by atoms with Gasteiger partial charge in [0.15, 0.2) is 4.34 Å². The Morgan fingerprint density at radius 1 is 1.50 bits per heavy atom. The zero-order valence-corrected chi connectivity index (χ0v) is 12.7. The predicted molar refractivity (Wildman–Crippen MR) is 79.8 cm³/mol. The van der Waals surface area contributed by atoms with Gasteiger partial charge >= 0.3 is 0 Å². The van der Waals surface area contributed by atoms with Crippen LogP contribution in [0.1, 0.15) is 18.2 Å². The van der Waals surface area contributed by atoms with E-state index < -0.39 is 0 Å². The van der Waals surface area contributed by atoms with Crippen molar-refractivity contribution in [1.82, 2.24) is 4.98 Å². The highest BCUT2D eigenvalue weighted by atomic mass is 35.5. The van der Waals surface area contributed by atoms with E-state index in [1.807, 2.05) is 26.0 Å². The number of hydrogen-bond acceptors (Lipinski definition) is 4. The van der Waals surface area contributed by atoms with Crippen molar-refractivity contribution < 1.29 is 0 Å². The van der Waals surface area contributed by atoms with Crippen LogP contribution in [0.2, 0.25) is 5.02 Å². The van der Waals surface area contributed by atoms with Gasteiger partial charge in [0.1, 0.15) is 0 Å². The second-order valence-corrected chi connectivity index (χ2v) is 6.87. The highest BCUT2D eigenvalue weighted by Crippen LogP contribution is 2.34. The average molecular weight is 299 g/mol. The molecule has 2 nitrogen and oxygen atoms in total. The van der Waals surface area contributed by atoms with Gasteiger partial charge in [-0.2, -0.15) is 0 Å². The van der Waals surface area contributed by atoms with Gasteiger partial charge in [0, 0.05) is 27.0 Å². The molecule has 2 N–H and O–H groups in total. The van der Waals surface area contributed by atoms with Crippen LogP contribution in [0.15, 0.2) is 32.8 Å². The topological polar surface area (TPSA) is 38.9 Å². The highest BCUT2D eigenvalue weighted by Gasteiger charge is 2.09. The summed E-state index contributed by atoms with van der Waals surface area (Å²) in [5, 5.41) is 2.80. The fourth-order valence-electron chi connectivity index (χ4n) is 1.61. The molecular weight excluding hydrogens is 284 g/mol. The molecule has 18 heavy (non-hydrogen) atoms. The van der Waals surface area contributed by atoms with Gasteiger partial charge in [-0.15, -0.1) is 11.3 Å². The summed E-state index contributed by atoms with van der Waals surface area (Å²) in [5.74, 6) is 0. The molecule has 1 heterocycles. The number of benzene rings is 1. The maximum atomic E-state index is 6.06. The third kappa shape index (κ3) is 3.72. The Balaban J connectivity index is 2.27. The van der Waals surface area contributed by atoms with E-state index in [0.717, 1.165) is 26.4 Å². The molecule has 0 aliphatic heterocycles. The molecule has 2 aromatic rings. The first-order chi connectivity index (χ1) is 8.54. The van der Waals surface area contributed by atoms with Crippen LogP contribution >= 0.6 is 34.7 Å². The summed E-state index contributed by atoms with van der Waals surface area (Å²) in [7, 11) is 0. The van der Waals surface area contributed by atoms with Crippen LogP contribution in [-0.2, 0) is 6.42 Å². The second-order valence-electron chi connectivity index (χ2n) is 4.29. The zero-order chi connectivity index (χ0) is 13.1. The maximum Gasteiger partial charge on any atom is 0.154 e. The van der Waals surface area contributed by atoms with E-state index in [-0.39, 0.29) is 6.04 Å². The fourth-order valence-corrected chi connectivity index (χ4v) is 3.82. The molecule has 5 heteroatoms. The normalized spacial score (nSPS) is 12.7. The highest BCUT2D eigenvalue weighted by molar-refractivity contribution is 8.01. The standard InChI is InChI=1S/C13H15ClN2S2/c1-8(15)5-10-3-4-11(14)6-12(10)18-13-16-9(2)7-17-13/h3-4,6-8H,5,15H2,1-2H3. The fraction of sp³-hybridized carbons (Fsp3) is 0.308. The maximum absolute atomic E-state index is 6.06. The lowest BCUT2D eigenvalue weighted by Crippen LogP contribution is -2.18. The number of rotatable bonds is 4. The lowest BCUT2D eigenvalue weighted by Gasteiger charge is -2.10. The molecule has 2 rings (SSSR count). The van der Waals surface area contributed by atoms with Gasteiger partial charge in [0.25, 0.3) is 0 Å². The molecule has 0 fully saturated rings. The van der Waals surface area contributed by atoms with Crippen molar-refractivity contribution in [3.63, 3.8) is 0 Å². The van der Waals surface area contributed by atoms with Crippen molar-refractivity contribution in [3.8, 4) is 0 Å². The first kappa shape index (κ1) is 13.9. The van der Waals surface area contributed by atoms with Crippen molar-refractivity contribution in [2.45, 2.75) is 35.5 Å². The molecule has 0 aliphatic carbocycles. The van der Waals surface area contributed by atoms with E-state index in [1.54, 1.807) is 23.1 Å². The van der Waals surface area contributed by atoms with E-state index >= 15 is 0 Å². The van der Waals surface area contributed by atoms with Gasteiger partial charge in [-0.25, -0.2) is 4.98 Å². The first-order valence-electron chi connectivity index (χ1n) is 5.68. The van der Waals surface area contributed by atoms with Crippen LogP contribution in [0.25, 0.3) is 0 Å². The van der Waals surface area contributed by atoms with E-state index in [4.69, 9.17) is 17.3 Å². The number of nitrogens with zero attached hydrogens (tertiary/aromatic N) is 1. The Morgan fingerprint density at radius 3 is 2.89 bits per heavy atom. The summed E-state index contributed by atoms with van der Waals surface area (Å²) in [6.45, 7) is 4.01. The summed E-state index contributed by atoms with van der Waals surface area (Å²) in [5.41, 5.74) is 8.16. The molecule has 0 saturated heterocycles. The molecule has 0 amide bonds. The zero-order valence-electron chi connectivity index (χ0n) is 10.3. The monoisotopic (exact) mass is 298 g/mol. The Hall–Kier alpha value is -0.550. The summed E-state index contributed by atoms with van der Waals surface area (Å²) < 4.78 is 1.04. The molecule has 1 aromatic heterocycles. The third-order valence-corrected chi connectivity index (χ3v) is 4.76. The SMILES string of the molecule is Cc1csc(Sc2cc(Cl)ccc2CC(C)N)n1. The van der Waals surface area contributed by atoms with Crippen LogP contribution in [0.4, 0.5) is 0 Å². The number of nitrogens with two attached hydrogens (primary N) is 1. The molecule has 96 valence electrons. The molecule has 0 saturated carbocycles. The van der Waals surface area contributed by atoms with Gasteiger partial charge in [-0.3, -0.25) is 0 Å². The van der Waals surface area contributed by atoms with E-state index in [2.05, 4.69) is 16.4 Å². The Morgan fingerprint density at radius 2 is 2.28 bits per heavy atom. The van der Waals surface area contributed by atoms with Crippen molar-refractivity contribution in [2.75, 3.05) is 0 Å². The lowest BCUT2D eigenvalue weighted by molar-refractivity contribution is 0.729.